The van der Waals surface area contributed by atoms with Crippen LogP contribution in [0.4, 0.5) is 9.59 Å². The number of hydrogen-bond acceptors (Lipinski definition) is 7. The zero-order valence-corrected chi connectivity index (χ0v) is 18.0. The largest absolute Gasteiger partial charge is 0.487 e. The molecule has 0 saturated carbocycles. The first-order valence-corrected chi connectivity index (χ1v) is 10.1. The molecule has 0 unspecified atom stereocenters. The summed E-state index contributed by atoms with van der Waals surface area (Å²) in [6.45, 7) is 0.425. The van der Waals surface area contributed by atoms with Crippen molar-refractivity contribution in [3.63, 3.8) is 0 Å². The first-order chi connectivity index (χ1) is 16.5. The Morgan fingerprint density at radius 2 is 1.18 bits per heavy atom. The zero-order valence-electron chi connectivity index (χ0n) is 18.0. The molecule has 1 heterocycles. The number of nitrogens with one attached hydrogen (secondary N) is 2. The second kappa shape index (κ2) is 12.2. The lowest BCUT2D eigenvalue weighted by Crippen LogP contribution is -2.24. The number of primary amides is 2. The van der Waals surface area contributed by atoms with E-state index in [0.29, 0.717) is 34.0 Å². The number of carbonyl (C=O) groups excluding carboxylic acids is 2. The van der Waals surface area contributed by atoms with Crippen molar-refractivity contribution in [2.75, 3.05) is 0 Å². The van der Waals surface area contributed by atoms with Gasteiger partial charge in [0.15, 0.2) is 0 Å². The fraction of sp³-hybridized carbons (Fsp3) is 0.0870. The van der Waals surface area contributed by atoms with E-state index >= 15 is 0 Å². The number of carbonyl (C=O) groups is 2. The van der Waals surface area contributed by atoms with E-state index in [1.54, 1.807) is 24.3 Å². The van der Waals surface area contributed by atoms with Crippen LogP contribution in [0.2, 0.25) is 0 Å². The third-order valence-corrected chi connectivity index (χ3v) is 4.21. The smallest absolute Gasteiger partial charge is 0.332 e. The van der Waals surface area contributed by atoms with Crippen LogP contribution >= 0.6 is 0 Å². The minimum Gasteiger partial charge on any atom is -0.487 e. The van der Waals surface area contributed by atoms with Crippen molar-refractivity contribution in [3.8, 4) is 11.5 Å². The molecule has 2 aromatic carbocycles. The Labute approximate surface area is 195 Å². The van der Waals surface area contributed by atoms with Gasteiger partial charge in [-0.25, -0.2) is 20.4 Å². The van der Waals surface area contributed by atoms with Gasteiger partial charge in [-0.1, -0.05) is 30.3 Å². The van der Waals surface area contributed by atoms with Gasteiger partial charge in [0, 0.05) is 11.1 Å². The molecule has 4 amide bonds. The van der Waals surface area contributed by atoms with E-state index < -0.39 is 12.1 Å². The first-order valence-electron chi connectivity index (χ1n) is 10.1. The minimum absolute atomic E-state index is 0.212. The maximum atomic E-state index is 10.8. The monoisotopic (exact) mass is 461 g/mol. The summed E-state index contributed by atoms with van der Waals surface area (Å²) < 4.78 is 11.8. The van der Waals surface area contributed by atoms with E-state index in [9.17, 15) is 9.59 Å². The van der Waals surface area contributed by atoms with Gasteiger partial charge in [0.2, 0.25) is 0 Å². The molecule has 174 valence electrons. The zero-order chi connectivity index (χ0) is 24.2. The number of urea groups is 2. The highest BCUT2D eigenvalue weighted by Gasteiger charge is 2.06. The number of ether oxygens (including phenoxy) is 2. The van der Waals surface area contributed by atoms with Crippen molar-refractivity contribution in [1.29, 1.82) is 0 Å². The summed E-state index contributed by atoms with van der Waals surface area (Å²) in [5.74, 6) is 1.14. The van der Waals surface area contributed by atoms with Crippen LogP contribution in [0.25, 0.3) is 0 Å². The van der Waals surface area contributed by atoms with Gasteiger partial charge in [0.05, 0.1) is 23.8 Å². The molecule has 0 atom stereocenters. The summed E-state index contributed by atoms with van der Waals surface area (Å²) in [6.07, 6.45) is 2.88. The van der Waals surface area contributed by atoms with Crippen molar-refractivity contribution < 1.29 is 19.1 Å². The number of aromatic nitrogens is 1. The Morgan fingerprint density at radius 3 is 1.62 bits per heavy atom. The average molecular weight is 461 g/mol. The number of nitrogens with zero attached hydrogens (tertiary/aromatic N) is 3. The standard InChI is InChI=1S/C23H23N7O4/c24-22(31)29-26-12-16-6-1-3-10-20(16)33-14-18-8-5-9-19(28-18)15-34-21-11-4-2-7-17(21)13-27-30-23(25)32/h1-13H,14-15H2,(H3,24,29,31)(H3,25,30,32)/b26-12-,27-13-. The number of rotatable bonds is 10. The summed E-state index contributed by atoms with van der Waals surface area (Å²) >= 11 is 0. The van der Waals surface area contributed by atoms with Crippen LogP contribution in [0.1, 0.15) is 22.5 Å². The molecule has 3 aromatic rings. The fourth-order valence-corrected chi connectivity index (χ4v) is 2.76. The van der Waals surface area contributed by atoms with Crippen LogP contribution in [0.3, 0.4) is 0 Å². The summed E-state index contributed by atoms with van der Waals surface area (Å²) in [7, 11) is 0. The predicted molar refractivity (Wildman–Crippen MR) is 126 cm³/mol. The number of hydrogen-bond donors (Lipinski definition) is 4. The molecule has 0 fully saturated rings. The molecule has 3 rings (SSSR count). The molecule has 0 aliphatic rings. The molecule has 0 aliphatic carbocycles. The van der Waals surface area contributed by atoms with Gasteiger partial charge in [0.1, 0.15) is 24.7 Å². The van der Waals surface area contributed by atoms with E-state index in [4.69, 9.17) is 20.9 Å². The molecular formula is C23H23N7O4. The van der Waals surface area contributed by atoms with Gasteiger partial charge < -0.3 is 20.9 Å². The van der Waals surface area contributed by atoms with Gasteiger partial charge in [-0.2, -0.15) is 10.2 Å². The molecule has 11 heteroatoms. The van der Waals surface area contributed by atoms with E-state index in [2.05, 4.69) is 26.0 Å². The fourth-order valence-electron chi connectivity index (χ4n) is 2.76. The van der Waals surface area contributed by atoms with E-state index in [-0.39, 0.29) is 13.2 Å². The molecule has 0 spiro atoms. The predicted octanol–water partition coefficient (Wildman–Crippen LogP) is 2.24. The lowest BCUT2D eigenvalue weighted by molar-refractivity contribution is 0.248. The second-order valence-electron chi connectivity index (χ2n) is 6.74. The Kier molecular flexibility index (Phi) is 8.51. The van der Waals surface area contributed by atoms with Gasteiger partial charge in [-0.3, -0.25) is 4.98 Å². The van der Waals surface area contributed by atoms with Crippen LogP contribution in [-0.2, 0) is 13.2 Å². The highest BCUT2D eigenvalue weighted by atomic mass is 16.5. The van der Waals surface area contributed by atoms with E-state index in [1.165, 1.54) is 12.4 Å². The van der Waals surface area contributed by atoms with Crippen LogP contribution in [0.5, 0.6) is 11.5 Å². The molecule has 0 radical (unpaired) electrons. The number of amides is 4. The van der Waals surface area contributed by atoms with Crippen LogP contribution in [-0.4, -0.2) is 29.5 Å². The quantitative estimate of drug-likeness (QED) is 0.268. The topological polar surface area (TPSA) is 166 Å². The minimum atomic E-state index is -0.755. The van der Waals surface area contributed by atoms with Gasteiger partial charge in [0.25, 0.3) is 0 Å². The molecule has 0 aliphatic heterocycles. The normalized spacial score (nSPS) is 10.8. The molecule has 34 heavy (non-hydrogen) atoms. The van der Waals surface area contributed by atoms with E-state index in [1.807, 2.05) is 42.5 Å². The molecule has 0 bridgehead atoms. The summed E-state index contributed by atoms with van der Waals surface area (Å²) in [4.78, 5) is 26.1. The lowest BCUT2D eigenvalue weighted by atomic mass is 10.2. The van der Waals surface area contributed by atoms with Crippen molar-refractivity contribution in [2.45, 2.75) is 13.2 Å². The molecule has 6 N–H and O–H groups in total. The number of para-hydroxylation sites is 2. The lowest BCUT2D eigenvalue weighted by Gasteiger charge is -2.11. The number of hydrazone groups is 2. The van der Waals surface area contributed by atoms with Crippen LogP contribution < -0.4 is 31.8 Å². The van der Waals surface area contributed by atoms with Crippen molar-refractivity contribution >= 4 is 24.5 Å². The molecule has 0 saturated heterocycles. The van der Waals surface area contributed by atoms with Gasteiger partial charge >= 0.3 is 12.1 Å². The van der Waals surface area contributed by atoms with Crippen LogP contribution in [0, 0.1) is 0 Å². The molecular weight excluding hydrogens is 438 g/mol. The maximum Gasteiger partial charge on any atom is 0.332 e. The Hall–Kier alpha value is -4.93. The number of pyridine rings is 1. The first kappa shape index (κ1) is 23.7. The summed E-state index contributed by atoms with van der Waals surface area (Å²) in [5.41, 5.74) is 17.0. The Balaban J connectivity index is 1.62. The number of nitrogens with two attached hydrogens (primary N) is 2. The Morgan fingerprint density at radius 1 is 0.735 bits per heavy atom. The maximum absolute atomic E-state index is 10.8. The highest BCUT2D eigenvalue weighted by Crippen LogP contribution is 2.19. The summed E-state index contributed by atoms with van der Waals surface area (Å²) in [5, 5.41) is 7.52. The second-order valence-corrected chi connectivity index (χ2v) is 6.74. The van der Waals surface area contributed by atoms with Crippen molar-refractivity contribution in [1.82, 2.24) is 15.8 Å². The SMILES string of the molecule is NC(=O)N/N=C\c1ccccc1OCc1cccc(COc2ccccc2/C=N\NC(N)=O)n1. The van der Waals surface area contributed by atoms with Crippen molar-refractivity contribution in [3.05, 3.63) is 89.2 Å². The van der Waals surface area contributed by atoms with Crippen molar-refractivity contribution in [2.24, 2.45) is 21.7 Å². The third kappa shape index (κ3) is 7.64. The molecule has 11 nitrogen and oxygen atoms in total. The van der Waals surface area contributed by atoms with Gasteiger partial charge in [-0.15, -0.1) is 0 Å². The van der Waals surface area contributed by atoms with E-state index in [0.717, 1.165) is 0 Å². The third-order valence-electron chi connectivity index (χ3n) is 4.21. The average Bonchev–Trinajstić information content (AvgIpc) is 2.83. The number of benzene rings is 2. The van der Waals surface area contributed by atoms with Gasteiger partial charge in [-0.05, 0) is 36.4 Å². The van der Waals surface area contributed by atoms with Crippen LogP contribution in [0.15, 0.2) is 76.9 Å². The highest BCUT2D eigenvalue weighted by molar-refractivity contribution is 5.85. The Bertz CT molecular complexity index is 1110. The summed E-state index contributed by atoms with van der Waals surface area (Å²) in [6, 6.07) is 18.5. The molecule has 1 aromatic heterocycles.